The third-order valence-corrected chi connectivity index (χ3v) is 12.1. The number of methoxy groups -OCH3 is 1. The molecule has 2 heterocycles. The normalized spacial score (nSPS) is 24.0. The minimum absolute atomic E-state index is 0.0565. The lowest BCUT2D eigenvalue weighted by molar-refractivity contribution is -0.306. The fraction of sp³-hybridized carbons (Fsp3) is 0.750. The quantitative estimate of drug-likeness (QED) is 0.0609. The first-order valence-corrected chi connectivity index (χ1v) is 21.7. The van der Waals surface area contributed by atoms with Gasteiger partial charge in [-0.1, -0.05) is 32.4 Å². The number of esters is 1. The SMILES string of the molecule is CC[C@@H](OC(=O)C(C)[C@@H](OC)[C@H](C)[C@@H](OC1OC(C)CC(N(C)C)[C@H]1OCCCNC(=O)CNc1ccnc2cc(Cl)ccc12)[C@](C)(O)C[C@@H](C)CNC)[C@@](C)(O)C(C)O. The van der Waals surface area contributed by atoms with E-state index in [1.807, 2.05) is 54.0 Å². The monoisotopic (exact) mass is 868 g/mol. The third kappa shape index (κ3) is 14.2. The van der Waals surface area contributed by atoms with Gasteiger partial charge in [-0.3, -0.25) is 14.6 Å². The lowest BCUT2D eigenvalue weighted by Gasteiger charge is -2.48. The van der Waals surface area contributed by atoms with Gasteiger partial charge in [0.05, 0.1) is 48.0 Å². The number of nitrogens with zero attached hydrogens (tertiary/aromatic N) is 2. The van der Waals surface area contributed by atoms with Crippen molar-refractivity contribution in [1.29, 1.82) is 0 Å². The molecule has 60 heavy (non-hydrogen) atoms. The van der Waals surface area contributed by atoms with Crippen LogP contribution in [0.15, 0.2) is 30.5 Å². The zero-order chi connectivity index (χ0) is 44.9. The summed E-state index contributed by atoms with van der Waals surface area (Å²) in [6.07, 6.45) is -1.99. The Labute approximate surface area is 362 Å². The van der Waals surface area contributed by atoms with Crippen molar-refractivity contribution >= 4 is 40.1 Å². The standard InChI is InChI=1S/C44H74ClN5O10/c1-13-36(44(8,55)30(6)51)59-41(53)29(5)38(56-12)28(4)40(43(7,54)23-26(2)24-46-9)60-42-39(35(50(10)11)21-27(3)58-42)57-20-14-18-48-37(52)25-49-33-17-19-47-34-22-31(45)15-16-32(33)34/h15-17,19,22,26-30,35-36,38-40,42,46,51,54-55H,13-14,18,20-21,23-25H2,1-12H3,(H,47,49)(H,48,52)/t26-,27?,28+,29?,30?,35?,36-,38+,39-,40-,42?,43-,44+/m1/s1. The van der Waals surface area contributed by atoms with Crippen molar-refractivity contribution in [3.05, 3.63) is 35.5 Å². The first kappa shape index (κ1) is 51.6. The third-order valence-electron chi connectivity index (χ3n) is 11.8. The summed E-state index contributed by atoms with van der Waals surface area (Å²) in [5.74, 6) is -2.16. The van der Waals surface area contributed by atoms with Crippen molar-refractivity contribution in [3.8, 4) is 0 Å². The van der Waals surface area contributed by atoms with Crippen LogP contribution in [0, 0.1) is 17.8 Å². The van der Waals surface area contributed by atoms with Gasteiger partial charge in [-0.25, -0.2) is 0 Å². The van der Waals surface area contributed by atoms with Gasteiger partial charge in [0.1, 0.15) is 17.8 Å². The summed E-state index contributed by atoms with van der Waals surface area (Å²) >= 11 is 6.12. The maximum absolute atomic E-state index is 13.7. The van der Waals surface area contributed by atoms with E-state index in [9.17, 15) is 24.9 Å². The zero-order valence-electron chi connectivity index (χ0n) is 37.9. The van der Waals surface area contributed by atoms with Gasteiger partial charge in [0.25, 0.3) is 0 Å². The summed E-state index contributed by atoms with van der Waals surface area (Å²) in [7, 11) is 7.32. The first-order valence-electron chi connectivity index (χ1n) is 21.3. The van der Waals surface area contributed by atoms with E-state index in [2.05, 4.69) is 25.8 Å². The highest BCUT2D eigenvalue weighted by molar-refractivity contribution is 6.31. The summed E-state index contributed by atoms with van der Waals surface area (Å²) in [5.41, 5.74) is -1.58. The molecular weight excluding hydrogens is 794 g/mol. The predicted molar refractivity (Wildman–Crippen MR) is 234 cm³/mol. The van der Waals surface area contributed by atoms with E-state index in [-0.39, 0.29) is 36.9 Å². The Hall–Kier alpha value is -2.70. The number of hydrogen-bond acceptors (Lipinski definition) is 14. The van der Waals surface area contributed by atoms with E-state index in [1.165, 1.54) is 21.0 Å². The number of carbonyl (C=O) groups excluding carboxylic acids is 2. The van der Waals surface area contributed by atoms with Gasteiger partial charge in [0.2, 0.25) is 5.91 Å². The van der Waals surface area contributed by atoms with Crippen LogP contribution in [-0.4, -0.2) is 152 Å². The molecular formula is C44H74ClN5O10. The van der Waals surface area contributed by atoms with Crippen LogP contribution in [0.3, 0.4) is 0 Å². The molecule has 1 aromatic carbocycles. The lowest BCUT2D eigenvalue weighted by atomic mass is 9.78. The Kier molecular flexibility index (Phi) is 20.4. The maximum atomic E-state index is 13.7. The number of amides is 1. The number of pyridine rings is 1. The molecule has 1 aliphatic rings. The number of likely N-dealkylation sites (N-methyl/N-ethyl adjacent to an activating group) is 1. The number of hydrogen-bond donors (Lipinski definition) is 6. The van der Waals surface area contributed by atoms with Gasteiger partial charge in [0, 0.05) is 54.5 Å². The zero-order valence-corrected chi connectivity index (χ0v) is 38.6. The summed E-state index contributed by atoms with van der Waals surface area (Å²) in [6.45, 7) is 15.4. The number of fused-ring (bicyclic) bond motifs is 1. The molecule has 1 fully saturated rings. The molecule has 3 rings (SSSR count). The number of carbonyl (C=O) groups is 2. The molecule has 2 aromatic rings. The van der Waals surface area contributed by atoms with Crippen LogP contribution in [-0.2, 0) is 33.3 Å². The van der Waals surface area contributed by atoms with Crippen molar-refractivity contribution in [3.63, 3.8) is 0 Å². The van der Waals surface area contributed by atoms with Crippen LogP contribution in [0.2, 0.25) is 5.02 Å². The molecule has 13 atom stereocenters. The maximum Gasteiger partial charge on any atom is 0.311 e. The minimum atomic E-state index is -1.67. The summed E-state index contributed by atoms with van der Waals surface area (Å²) in [6, 6.07) is 7.14. The van der Waals surface area contributed by atoms with E-state index >= 15 is 0 Å². The van der Waals surface area contributed by atoms with Crippen LogP contribution in [0.25, 0.3) is 10.9 Å². The molecule has 0 bridgehead atoms. The average molecular weight is 869 g/mol. The first-order chi connectivity index (χ1) is 28.2. The molecule has 5 unspecified atom stereocenters. The van der Waals surface area contributed by atoms with Gasteiger partial charge in [-0.15, -0.1) is 0 Å². The second-order valence-corrected chi connectivity index (χ2v) is 17.8. The largest absolute Gasteiger partial charge is 0.459 e. The van der Waals surface area contributed by atoms with Gasteiger partial charge in [0.15, 0.2) is 6.29 Å². The van der Waals surface area contributed by atoms with Crippen molar-refractivity contribution < 1.29 is 48.6 Å². The van der Waals surface area contributed by atoms with Gasteiger partial charge in [-0.2, -0.15) is 0 Å². The van der Waals surface area contributed by atoms with Gasteiger partial charge < -0.3 is 59.9 Å². The highest BCUT2D eigenvalue weighted by Crippen LogP contribution is 2.37. The Morgan fingerprint density at radius 2 is 1.83 bits per heavy atom. The molecule has 1 aliphatic heterocycles. The Bertz CT molecular complexity index is 1630. The summed E-state index contributed by atoms with van der Waals surface area (Å²) < 4.78 is 31.8. The summed E-state index contributed by atoms with van der Waals surface area (Å²) in [5, 5.41) is 44.3. The number of rotatable bonds is 25. The topological polar surface area (TPSA) is 193 Å². The molecule has 1 aromatic heterocycles. The van der Waals surface area contributed by atoms with Crippen LogP contribution in [0.4, 0.5) is 5.69 Å². The number of aliphatic hydroxyl groups is 3. The van der Waals surface area contributed by atoms with E-state index in [0.29, 0.717) is 44.0 Å². The van der Waals surface area contributed by atoms with Crippen molar-refractivity contribution in [1.82, 2.24) is 20.5 Å². The Morgan fingerprint density at radius 3 is 2.45 bits per heavy atom. The molecule has 6 N–H and O–H groups in total. The number of aromatic nitrogens is 1. The van der Waals surface area contributed by atoms with E-state index < -0.39 is 65.8 Å². The highest BCUT2D eigenvalue weighted by atomic mass is 35.5. The molecule has 0 aliphatic carbocycles. The van der Waals surface area contributed by atoms with Crippen molar-refractivity contribution in [2.75, 3.05) is 59.8 Å². The van der Waals surface area contributed by atoms with Crippen LogP contribution in [0.5, 0.6) is 0 Å². The number of halogens is 1. The fourth-order valence-corrected chi connectivity index (χ4v) is 8.56. The number of benzene rings is 1. The van der Waals surface area contributed by atoms with E-state index in [0.717, 1.165) is 16.6 Å². The number of nitrogens with one attached hydrogen (secondary N) is 3. The Morgan fingerprint density at radius 1 is 1.13 bits per heavy atom. The number of aliphatic hydroxyl groups excluding tert-OH is 1. The molecule has 15 nitrogen and oxygen atoms in total. The van der Waals surface area contributed by atoms with Crippen molar-refractivity contribution in [2.45, 2.75) is 141 Å². The van der Waals surface area contributed by atoms with Gasteiger partial charge >= 0.3 is 5.97 Å². The minimum Gasteiger partial charge on any atom is -0.459 e. The fourth-order valence-electron chi connectivity index (χ4n) is 8.39. The van der Waals surface area contributed by atoms with Crippen molar-refractivity contribution in [2.24, 2.45) is 17.8 Å². The van der Waals surface area contributed by atoms with E-state index in [4.69, 9.17) is 35.3 Å². The second kappa shape index (κ2) is 23.7. The smallest absolute Gasteiger partial charge is 0.311 e. The lowest BCUT2D eigenvalue weighted by Crippen LogP contribution is -2.60. The molecule has 0 spiro atoms. The molecule has 0 radical (unpaired) electrons. The van der Waals surface area contributed by atoms with Crippen LogP contribution >= 0.6 is 11.6 Å². The number of anilines is 1. The average Bonchev–Trinajstić information content (AvgIpc) is 3.17. The van der Waals surface area contributed by atoms with Gasteiger partial charge in [-0.05, 0) is 118 Å². The molecule has 16 heteroatoms. The molecule has 1 saturated heterocycles. The molecule has 1 amide bonds. The number of ether oxygens (including phenoxy) is 5. The highest BCUT2D eigenvalue weighted by Gasteiger charge is 2.49. The Balaban J connectivity index is 1.78. The molecule has 0 saturated carbocycles. The predicted octanol–water partition coefficient (Wildman–Crippen LogP) is 4.38. The van der Waals surface area contributed by atoms with Crippen LogP contribution < -0.4 is 16.0 Å². The second-order valence-electron chi connectivity index (χ2n) is 17.4. The summed E-state index contributed by atoms with van der Waals surface area (Å²) in [4.78, 5) is 33.0. The van der Waals surface area contributed by atoms with E-state index in [1.54, 1.807) is 39.1 Å². The van der Waals surface area contributed by atoms with Crippen LogP contribution in [0.1, 0.15) is 81.1 Å². The molecule has 342 valence electrons.